The molecule has 20 heavy (non-hydrogen) atoms. The molecule has 0 atom stereocenters. The van der Waals surface area contributed by atoms with Gasteiger partial charge in [-0.25, -0.2) is 0 Å². The van der Waals surface area contributed by atoms with Gasteiger partial charge in [0.2, 0.25) is 0 Å². The Morgan fingerprint density at radius 1 is 1.30 bits per heavy atom. The highest BCUT2D eigenvalue weighted by Crippen LogP contribution is 2.33. The number of rotatable bonds is 4. The van der Waals surface area contributed by atoms with Crippen LogP contribution in [0, 0.1) is 18.3 Å². The summed E-state index contributed by atoms with van der Waals surface area (Å²) >= 11 is 1.63. The molecule has 0 radical (unpaired) electrons. The molecule has 0 aromatic heterocycles. The van der Waals surface area contributed by atoms with Crippen molar-refractivity contribution in [3.63, 3.8) is 0 Å². The van der Waals surface area contributed by atoms with E-state index in [0.717, 1.165) is 21.9 Å². The van der Waals surface area contributed by atoms with Crippen molar-refractivity contribution in [2.24, 2.45) is 0 Å². The van der Waals surface area contributed by atoms with Crippen LogP contribution in [-0.4, -0.2) is 5.75 Å². The fraction of sp³-hybridized carbons (Fsp3) is 0.188. The zero-order valence-corrected chi connectivity index (χ0v) is 12.3. The normalized spacial score (nSPS) is 10.1. The van der Waals surface area contributed by atoms with E-state index in [1.165, 1.54) is 0 Å². The van der Waals surface area contributed by atoms with Gasteiger partial charge in [0.05, 0.1) is 0 Å². The first-order valence-corrected chi connectivity index (χ1v) is 7.34. The van der Waals surface area contributed by atoms with Crippen molar-refractivity contribution in [1.82, 2.24) is 0 Å². The molecule has 102 valence electrons. The van der Waals surface area contributed by atoms with Crippen LogP contribution in [0.3, 0.4) is 0 Å². The van der Waals surface area contributed by atoms with E-state index in [9.17, 15) is 5.26 Å². The summed E-state index contributed by atoms with van der Waals surface area (Å²) in [6.45, 7) is 3.99. The van der Waals surface area contributed by atoms with Crippen LogP contribution in [0.2, 0.25) is 0 Å². The number of aryl methyl sites for hydroxylation is 1. The fourth-order valence-corrected chi connectivity index (χ4v) is 2.60. The lowest BCUT2D eigenvalue weighted by Crippen LogP contribution is -1.93. The summed E-state index contributed by atoms with van der Waals surface area (Å²) < 4.78 is 5.83. The van der Waals surface area contributed by atoms with Crippen molar-refractivity contribution in [3.05, 3.63) is 47.5 Å². The quantitative estimate of drug-likeness (QED) is 0.669. The van der Waals surface area contributed by atoms with Crippen LogP contribution in [0.15, 0.2) is 41.3 Å². The molecule has 0 unspecified atom stereocenters. The summed E-state index contributed by atoms with van der Waals surface area (Å²) in [7, 11) is 0. The molecule has 4 heteroatoms. The highest BCUT2D eigenvalue weighted by molar-refractivity contribution is 7.99. The molecule has 0 bridgehead atoms. The third-order valence-electron chi connectivity index (χ3n) is 2.87. The van der Waals surface area contributed by atoms with E-state index < -0.39 is 0 Å². The van der Waals surface area contributed by atoms with Crippen molar-refractivity contribution in [3.8, 4) is 17.6 Å². The molecule has 0 aliphatic carbocycles. The SMILES string of the molecule is CCSc1cccc(Oc2ccc(N)c(C)c2)c1C#N. The minimum Gasteiger partial charge on any atom is -0.456 e. The van der Waals surface area contributed by atoms with Gasteiger partial charge in [0.25, 0.3) is 0 Å². The van der Waals surface area contributed by atoms with Crippen LogP contribution < -0.4 is 10.5 Å². The van der Waals surface area contributed by atoms with Crippen molar-refractivity contribution >= 4 is 17.4 Å². The summed E-state index contributed by atoms with van der Waals surface area (Å²) in [6.07, 6.45) is 0. The zero-order chi connectivity index (χ0) is 14.5. The largest absolute Gasteiger partial charge is 0.456 e. The Kier molecular flexibility index (Phi) is 4.54. The maximum absolute atomic E-state index is 9.34. The van der Waals surface area contributed by atoms with Crippen molar-refractivity contribution in [2.75, 3.05) is 11.5 Å². The van der Waals surface area contributed by atoms with Crippen molar-refractivity contribution < 1.29 is 4.74 Å². The number of thioether (sulfide) groups is 1. The Morgan fingerprint density at radius 2 is 2.10 bits per heavy atom. The molecule has 3 nitrogen and oxygen atoms in total. The first-order valence-electron chi connectivity index (χ1n) is 6.35. The lowest BCUT2D eigenvalue weighted by atomic mass is 10.2. The molecule has 0 aliphatic heterocycles. The fourth-order valence-electron chi connectivity index (χ4n) is 1.82. The van der Waals surface area contributed by atoms with Crippen LogP contribution in [0.4, 0.5) is 5.69 Å². The van der Waals surface area contributed by atoms with Crippen molar-refractivity contribution in [2.45, 2.75) is 18.7 Å². The summed E-state index contributed by atoms with van der Waals surface area (Å²) in [5, 5.41) is 9.34. The first-order chi connectivity index (χ1) is 9.65. The van der Waals surface area contributed by atoms with Gasteiger partial charge in [0.15, 0.2) is 0 Å². The molecule has 0 heterocycles. The van der Waals surface area contributed by atoms with Gasteiger partial charge in [0.1, 0.15) is 23.1 Å². The molecule has 0 saturated carbocycles. The minimum atomic E-state index is 0.578. The van der Waals surface area contributed by atoms with Gasteiger partial charge in [0, 0.05) is 10.6 Å². The van der Waals surface area contributed by atoms with Gasteiger partial charge >= 0.3 is 0 Å². The molecular weight excluding hydrogens is 268 g/mol. The molecular formula is C16H16N2OS. The van der Waals surface area contributed by atoms with E-state index in [-0.39, 0.29) is 0 Å². The van der Waals surface area contributed by atoms with Crippen LogP contribution in [0.1, 0.15) is 18.1 Å². The Bertz CT molecular complexity index is 662. The van der Waals surface area contributed by atoms with E-state index in [4.69, 9.17) is 10.5 Å². The molecule has 2 N–H and O–H groups in total. The summed E-state index contributed by atoms with van der Waals surface area (Å²) in [6, 6.07) is 13.4. The Morgan fingerprint density at radius 3 is 2.75 bits per heavy atom. The highest BCUT2D eigenvalue weighted by Gasteiger charge is 2.10. The monoisotopic (exact) mass is 284 g/mol. The van der Waals surface area contributed by atoms with E-state index in [1.54, 1.807) is 17.8 Å². The topological polar surface area (TPSA) is 59.0 Å². The Labute approximate surface area is 123 Å². The average Bonchev–Trinajstić information content (AvgIpc) is 2.44. The third-order valence-corrected chi connectivity index (χ3v) is 3.81. The molecule has 0 amide bonds. The molecule has 0 spiro atoms. The van der Waals surface area contributed by atoms with Crippen LogP contribution in [-0.2, 0) is 0 Å². The van der Waals surface area contributed by atoms with Crippen LogP contribution >= 0.6 is 11.8 Å². The lowest BCUT2D eigenvalue weighted by molar-refractivity contribution is 0.479. The highest BCUT2D eigenvalue weighted by atomic mass is 32.2. The predicted molar refractivity (Wildman–Crippen MR) is 83.2 cm³/mol. The third kappa shape index (κ3) is 3.06. The number of ether oxygens (including phenoxy) is 1. The van der Waals surface area contributed by atoms with Crippen molar-refractivity contribution in [1.29, 1.82) is 5.26 Å². The number of nitrogen functional groups attached to an aromatic ring is 1. The van der Waals surface area contributed by atoms with Gasteiger partial charge < -0.3 is 10.5 Å². The summed E-state index contributed by atoms with van der Waals surface area (Å²) in [4.78, 5) is 0.944. The maximum atomic E-state index is 9.34. The second-order valence-corrected chi connectivity index (χ2v) is 5.60. The van der Waals surface area contributed by atoms with E-state index in [1.807, 2.05) is 37.3 Å². The van der Waals surface area contributed by atoms with E-state index >= 15 is 0 Å². The average molecular weight is 284 g/mol. The number of hydrogen-bond acceptors (Lipinski definition) is 4. The molecule has 0 saturated heterocycles. The standard InChI is InChI=1S/C16H16N2OS/c1-3-20-16-6-4-5-15(13(16)10-17)19-12-7-8-14(18)11(2)9-12/h4-9H,3,18H2,1-2H3. The lowest BCUT2D eigenvalue weighted by Gasteiger charge is -2.11. The summed E-state index contributed by atoms with van der Waals surface area (Å²) in [5.74, 6) is 2.18. The molecule has 2 aromatic carbocycles. The van der Waals surface area contributed by atoms with Crippen LogP contribution in [0.5, 0.6) is 11.5 Å². The second-order valence-electron chi connectivity index (χ2n) is 4.29. The number of benzene rings is 2. The Balaban J connectivity index is 2.35. The number of hydrogen-bond donors (Lipinski definition) is 1. The minimum absolute atomic E-state index is 0.578. The smallest absolute Gasteiger partial charge is 0.146 e. The number of nitrogens with zero attached hydrogens (tertiary/aromatic N) is 1. The van der Waals surface area contributed by atoms with E-state index in [2.05, 4.69) is 13.0 Å². The number of nitriles is 1. The molecule has 0 fully saturated rings. The Hall–Kier alpha value is -2.12. The molecule has 0 aliphatic rings. The van der Waals surface area contributed by atoms with Crippen LogP contribution in [0.25, 0.3) is 0 Å². The van der Waals surface area contributed by atoms with Gasteiger partial charge in [-0.15, -0.1) is 11.8 Å². The van der Waals surface area contributed by atoms with Gasteiger partial charge in [-0.05, 0) is 48.6 Å². The molecule has 2 aromatic rings. The molecule has 2 rings (SSSR count). The van der Waals surface area contributed by atoms with Gasteiger partial charge in [-0.3, -0.25) is 0 Å². The number of nitrogens with two attached hydrogens (primary N) is 1. The predicted octanol–water partition coefficient (Wildman–Crippen LogP) is 4.35. The zero-order valence-electron chi connectivity index (χ0n) is 11.5. The second kappa shape index (κ2) is 6.36. The number of anilines is 1. The van der Waals surface area contributed by atoms with E-state index in [0.29, 0.717) is 17.1 Å². The van der Waals surface area contributed by atoms with Gasteiger partial charge in [-0.2, -0.15) is 5.26 Å². The maximum Gasteiger partial charge on any atom is 0.146 e. The first kappa shape index (κ1) is 14.3. The van der Waals surface area contributed by atoms with Gasteiger partial charge in [-0.1, -0.05) is 13.0 Å². The summed E-state index contributed by atoms with van der Waals surface area (Å²) in [5.41, 5.74) is 8.06.